The monoisotopic (exact) mass is 1010 g/mol. The van der Waals surface area contributed by atoms with Crippen LogP contribution in [0.1, 0.15) is 89.8 Å². The van der Waals surface area contributed by atoms with E-state index in [-0.39, 0.29) is 57.6 Å². The molecular formula is C46H71N15O11. The van der Waals surface area contributed by atoms with E-state index in [1.165, 1.54) is 26.4 Å². The van der Waals surface area contributed by atoms with Crippen LogP contribution in [0.25, 0.3) is 10.9 Å². The maximum atomic E-state index is 14.3. The lowest BCUT2D eigenvalue weighted by Crippen LogP contribution is -2.59. The molecule has 0 radical (unpaired) electrons. The SMILES string of the molecule is CCCC[C@@H](NC(=O)[C@@H](N)Cc1cnc[nH]1)C(=O)N[C@@H](CCCN=C(N)N)C(=O)N[C@@H](Cc1c[nH]c2ccccc12)C(=O)NCC(=O)N[C@@H](CCCCN)C(=O)N[C@@H](CC(=O)O)C(=O)N[C@H](C(=O)O)C(C)C. The molecule has 0 aliphatic rings. The number of imidazole rings is 1. The van der Waals surface area contributed by atoms with Crippen molar-refractivity contribution in [1.82, 2.24) is 52.2 Å². The van der Waals surface area contributed by atoms with Crippen LogP contribution in [-0.4, -0.2) is 146 Å². The lowest BCUT2D eigenvalue weighted by atomic mass is 10.0. The van der Waals surface area contributed by atoms with Crippen molar-refractivity contribution in [2.24, 2.45) is 33.8 Å². The third-order valence-corrected chi connectivity index (χ3v) is 11.4. The van der Waals surface area contributed by atoms with Gasteiger partial charge in [-0.05, 0) is 62.6 Å². The van der Waals surface area contributed by atoms with Crippen molar-refractivity contribution in [2.45, 2.75) is 134 Å². The van der Waals surface area contributed by atoms with Crippen LogP contribution in [0, 0.1) is 5.92 Å². The van der Waals surface area contributed by atoms with Crippen LogP contribution in [0.3, 0.4) is 0 Å². The Kier molecular flexibility index (Phi) is 24.6. The van der Waals surface area contributed by atoms with Gasteiger partial charge in [-0.1, -0.05) is 51.8 Å². The molecule has 26 heteroatoms. The number of fused-ring (bicyclic) bond motifs is 1. The third kappa shape index (κ3) is 20.0. The second-order valence-corrected chi connectivity index (χ2v) is 17.6. The van der Waals surface area contributed by atoms with E-state index in [2.05, 4.69) is 57.2 Å². The number of unbranched alkanes of at least 4 members (excludes halogenated alkanes) is 2. The Hall–Kier alpha value is -7.61. The van der Waals surface area contributed by atoms with E-state index in [0.717, 1.165) is 10.9 Å². The summed E-state index contributed by atoms with van der Waals surface area (Å²) in [4.78, 5) is 133. The van der Waals surface area contributed by atoms with Gasteiger partial charge in [-0.15, -0.1) is 0 Å². The molecule has 0 bridgehead atoms. The fraction of sp³-hybridized carbons (Fsp3) is 0.543. The molecule has 19 N–H and O–H groups in total. The first-order valence-corrected chi connectivity index (χ1v) is 23.8. The lowest BCUT2D eigenvalue weighted by molar-refractivity contribution is -0.144. The fourth-order valence-corrected chi connectivity index (χ4v) is 7.45. The van der Waals surface area contributed by atoms with Crippen LogP contribution in [-0.2, 0) is 56.0 Å². The van der Waals surface area contributed by atoms with Gasteiger partial charge in [0.2, 0.25) is 41.4 Å². The molecule has 3 aromatic rings. The number of carboxylic acid groups (broad SMARTS) is 2. The number of para-hydroxylation sites is 1. The van der Waals surface area contributed by atoms with E-state index in [1.807, 2.05) is 13.0 Å². The van der Waals surface area contributed by atoms with Gasteiger partial charge >= 0.3 is 11.9 Å². The maximum absolute atomic E-state index is 14.3. The highest BCUT2D eigenvalue weighted by atomic mass is 16.4. The molecule has 396 valence electrons. The molecule has 0 aliphatic heterocycles. The summed E-state index contributed by atoms with van der Waals surface area (Å²) in [5.74, 6) is -9.50. The van der Waals surface area contributed by atoms with Crippen LogP contribution in [0.4, 0.5) is 0 Å². The normalized spacial score (nSPS) is 14.0. The molecule has 0 fully saturated rings. The van der Waals surface area contributed by atoms with Gasteiger partial charge in [0.15, 0.2) is 5.96 Å². The number of hydrogen-bond donors (Lipinski definition) is 15. The van der Waals surface area contributed by atoms with Crippen molar-refractivity contribution in [1.29, 1.82) is 0 Å². The van der Waals surface area contributed by atoms with Gasteiger partial charge in [-0.25, -0.2) is 9.78 Å². The Morgan fingerprint density at radius 3 is 1.90 bits per heavy atom. The number of nitrogens with one attached hydrogen (secondary N) is 9. The number of carbonyl (C=O) groups is 9. The van der Waals surface area contributed by atoms with Crippen molar-refractivity contribution in [3.8, 4) is 0 Å². The largest absolute Gasteiger partial charge is 0.481 e. The summed E-state index contributed by atoms with van der Waals surface area (Å²) in [5, 5.41) is 37.5. The van der Waals surface area contributed by atoms with E-state index in [1.54, 1.807) is 24.4 Å². The zero-order valence-electron chi connectivity index (χ0n) is 40.8. The number of amides is 7. The number of nitrogens with zero attached hydrogens (tertiary/aromatic N) is 2. The van der Waals surface area contributed by atoms with Gasteiger partial charge in [-0.2, -0.15) is 0 Å². The zero-order chi connectivity index (χ0) is 53.3. The summed E-state index contributed by atoms with van der Waals surface area (Å²) in [7, 11) is 0. The number of nitrogens with two attached hydrogens (primary N) is 4. The van der Waals surface area contributed by atoms with Crippen molar-refractivity contribution in [3.63, 3.8) is 0 Å². The first-order valence-electron chi connectivity index (χ1n) is 23.8. The van der Waals surface area contributed by atoms with Gasteiger partial charge in [-0.3, -0.25) is 43.3 Å². The van der Waals surface area contributed by atoms with E-state index in [0.29, 0.717) is 36.9 Å². The van der Waals surface area contributed by atoms with Crippen molar-refractivity contribution in [2.75, 3.05) is 19.6 Å². The number of aliphatic carboxylic acids is 2. The molecule has 7 atom stereocenters. The number of benzene rings is 1. The van der Waals surface area contributed by atoms with Crippen LogP contribution < -0.4 is 60.2 Å². The molecule has 1 aromatic carbocycles. The molecule has 72 heavy (non-hydrogen) atoms. The first-order chi connectivity index (χ1) is 34.2. The summed E-state index contributed by atoms with van der Waals surface area (Å²) in [6.45, 7) is 4.54. The summed E-state index contributed by atoms with van der Waals surface area (Å²) in [6, 6.07) is -2.10. The van der Waals surface area contributed by atoms with E-state index >= 15 is 0 Å². The van der Waals surface area contributed by atoms with Gasteiger partial charge in [0.1, 0.15) is 36.3 Å². The molecule has 0 spiro atoms. The minimum absolute atomic E-state index is 0.0214. The standard InChI is InChI=1S/C46H71N15O11/c1-4-5-12-32(57-39(65)29(48)19-27-22-51-24-55-27)42(68)58-33(15-10-17-52-46(49)50)43(69)59-34(18-26-21-53-30-13-7-6-11-28(26)30)40(66)54-23-36(62)56-31(14-8-9-16-47)41(67)60-35(20-37(63)64)44(70)61-38(25(2)3)45(71)72/h6-7,11,13,21-22,24-25,29,31-35,38,53H,4-5,8-10,12,14-20,23,47-48H2,1-3H3,(H,51,55)(H,54,66)(H,56,62)(H,57,65)(H,58,68)(H,59,69)(H,60,67)(H,61,70)(H,63,64)(H,71,72)(H4,49,50,52)/t29-,31-,32+,33-,34-,35-,38-/m0/s1. The highest BCUT2D eigenvalue weighted by Gasteiger charge is 2.34. The second-order valence-electron chi connectivity index (χ2n) is 17.6. The average molecular weight is 1010 g/mol. The molecule has 2 aromatic heterocycles. The predicted molar refractivity (Wildman–Crippen MR) is 264 cm³/mol. The number of aromatic amines is 2. The van der Waals surface area contributed by atoms with Crippen LogP contribution in [0.5, 0.6) is 0 Å². The molecule has 0 saturated heterocycles. The molecule has 26 nitrogen and oxygen atoms in total. The first kappa shape index (κ1) is 58.7. The zero-order valence-corrected chi connectivity index (χ0v) is 40.8. The molecular weight excluding hydrogens is 939 g/mol. The number of hydrogen-bond acceptors (Lipinski definition) is 13. The molecule has 0 unspecified atom stereocenters. The van der Waals surface area contributed by atoms with Gasteiger partial charge < -0.3 is 80.3 Å². The number of H-pyrrole nitrogens is 2. The third-order valence-electron chi connectivity index (χ3n) is 11.4. The lowest BCUT2D eigenvalue weighted by Gasteiger charge is -2.26. The predicted octanol–water partition coefficient (Wildman–Crippen LogP) is -2.38. The van der Waals surface area contributed by atoms with Crippen LogP contribution in [0.2, 0.25) is 0 Å². The highest BCUT2D eigenvalue weighted by molar-refractivity contribution is 5.98. The fourth-order valence-electron chi connectivity index (χ4n) is 7.45. The summed E-state index contributed by atoms with van der Waals surface area (Å²) in [6.07, 6.45) is 6.00. The highest BCUT2D eigenvalue weighted by Crippen LogP contribution is 2.20. The molecule has 0 aliphatic carbocycles. The number of aromatic nitrogens is 3. The van der Waals surface area contributed by atoms with Crippen molar-refractivity contribution >= 4 is 70.2 Å². The Bertz CT molecular complexity index is 2320. The second kappa shape index (κ2) is 30.2. The van der Waals surface area contributed by atoms with Crippen LogP contribution >= 0.6 is 0 Å². The summed E-state index contributed by atoms with van der Waals surface area (Å²) < 4.78 is 0. The van der Waals surface area contributed by atoms with E-state index in [4.69, 9.17) is 22.9 Å². The minimum atomic E-state index is -1.73. The summed E-state index contributed by atoms with van der Waals surface area (Å²) in [5.41, 5.74) is 24.8. The van der Waals surface area contributed by atoms with Crippen LogP contribution in [0.15, 0.2) is 48.0 Å². The average Bonchev–Trinajstić information content (AvgIpc) is 4.00. The van der Waals surface area contributed by atoms with E-state index < -0.39 is 114 Å². The van der Waals surface area contributed by atoms with Crippen molar-refractivity contribution in [3.05, 3.63) is 54.2 Å². The van der Waals surface area contributed by atoms with Gasteiger partial charge in [0.05, 0.1) is 25.3 Å². The number of rotatable bonds is 33. The number of carbonyl (C=O) groups excluding carboxylic acids is 7. The molecule has 7 amide bonds. The number of guanidine groups is 1. The Balaban J connectivity index is 1.87. The minimum Gasteiger partial charge on any atom is -0.481 e. The Labute approximate surface area is 416 Å². The topological polar surface area (TPSA) is 439 Å². The Morgan fingerprint density at radius 1 is 0.708 bits per heavy atom. The summed E-state index contributed by atoms with van der Waals surface area (Å²) >= 11 is 0. The number of aliphatic imine (C=N–C) groups is 1. The number of carboxylic acids is 2. The molecule has 0 saturated carbocycles. The Morgan fingerprint density at radius 2 is 1.31 bits per heavy atom. The smallest absolute Gasteiger partial charge is 0.326 e. The van der Waals surface area contributed by atoms with Gasteiger partial charge in [0, 0.05) is 48.4 Å². The van der Waals surface area contributed by atoms with Crippen molar-refractivity contribution < 1.29 is 53.4 Å². The quantitative estimate of drug-likeness (QED) is 0.0172. The maximum Gasteiger partial charge on any atom is 0.326 e. The van der Waals surface area contributed by atoms with Gasteiger partial charge in [0.25, 0.3) is 0 Å². The van der Waals surface area contributed by atoms with E-state index in [9.17, 15) is 53.4 Å². The molecule has 2 heterocycles. The molecule has 3 rings (SSSR count).